The van der Waals surface area contributed by atoms with Gasteiger partial charge in [-0.2, -0.15) is 4.98 Å². The van der Waals surface area contributed by atoms with Gasteiger partial charge in [-0.25, -0.2) is 4.98 Å². The third kappa shape index (κ3) is 4.52. The molecule has 0 atom stereocenters. The van der Waals surface area contributed by atoms with Gasteiger partial charge in [-0.15, -0.1) is 0 Å². The molecule has 2 aromatic rings. The van der Waals surface area contributed by atoms with E-state index in [4.69, 9.17) is 4.98 Å². The summed E-state index contributed by atoms with van der Waals surface area (Å²) in [6.07, 6.45) is 6.41. The Morgan fingerprint density at radius 1 is 0.889 bits per heavy atom. The summed E-state index contributed by atoms with van der Waals surface area (Å²) in [5.41, 5.74) is 3.40. The van der Waals surface area contributed by atoms with Crippen LogP contribution < -0.4 is 15.1 Å². The van der Waals surface area contributed by atoms with Crippen LogP contribution in [0.15, 0.2) is 30.3 Å². The van der Waals surface area contributed by atoms with Gasteiger partial charge in [-0.05, 0) is 69.2 Å². The van der Waals surface area contributed by atoms with Crippen LogP contribution in [0.25, 0.3) is 0 Å². The molecular formula is C22H31N5. The first kappa shape index (κ1) is 18.1. The molecule has 3 heterocycles. The molecule has 5 nitrogen and oxygen atoms in total. The monoisotopic (exact) mass is 365 g/mol. The number of piperidine rings is 2. The minimum atomic E-state index is 0.807. The number of aryl methyl sites for hydroxylation is 1. The molecule has 0 radical (unpaired) electrons. The maximum Gasteiger partial charge on any atom is 0.227 e. The summed E-state index contributed by atoms with van der Waals surface area (Å²) in [7, 11) is 0. The number of benzene rings is 1. The van der Waals surface area contributed by atoms with Gasteiger partial charge in [-0.1, -0.05) is 6.92 Å². The standard InChI is InChI=1S/C22H31N5/c1-17-10-14-27(15-11-17)22-23-18(2)16-21(25-22)24-19-6-8-20(9-7-19)26-12-4-3-5-13-26/h6-9,16-17H,3-5,10-15H2,1-2H3,(H,23,24,25). The normalized spacial score (nSPS) is 18.6. The molecule has 0 unspecified atom stereocenters. The van der Waals surface area contributed by atoms with Crippen molar-refractivity contribution in [2.45, 2.75) is 46.0 Å². The molecule has 144 valence electrons. The van der Waals surface area contributed by atoms with Gasteiger partial charge in [0, 0.05) is 49.3 Å². The fourth-order valence-corrected chi connectivity index (χ4v) is 4.02. The van der Waals surface area contributed by atoms with Crippen LogP contribution in [-0.4, -0.2) is 36.1 Å². The maximum atomic E-state index is 4.78. The quantitative estimate of drug-likeness (QED) is 0.847. The van der Waals surface area contributed by atoms with E-state index in [0.717, 1.165) is 42.2 Å². The zero-order chi connectivity index (χ0) is 18.6. The van der Waals surface area contributed by atoms with Crippen molar-refractivity contribution in [3.05, 3.63) is 36.0 Å². The SMILES string of the molecule is Cc1cc(Nc2ccc(N3CCCCC3)cc2)nc(N2CCC(C)CC2)n1. The van der Waals surface area contributed by atoms with Crippen molar-refractivity contribution in [2.24, 2.45) is 5.92 Å². The summed E-state index contributed by atoms with van der Waals surface area (Å²) in [4.78, 5) is 14.3. The Morgan fingerprint density at radius 2 is 1.59 bits per heavy atom. The largest absolute Gasteiger partial charge is 0.372 e. The van der Waals surface area contributed by atoms with Crippen LogP contribution in [0.1, 0.15) is 44.7 Å². The second-order valence-electron chi connectivity index (χ2n) is 8.08. The second kappa shape index (κ2) is 8.15. The lowest BCUT2D eigenvalue weighted by molar-refractivity contribution is 0.434. The van der Waals surface area contributed by atoms with Crippen LogP contribution in [0, 0.1) is 12.8 Å². The van der Waals surface area contributed by atoms with Crippen molar-refractivity contribution >= 4 is 23.1 Å². The van der Waals surface area contributed by atoms with Gasteiger partial charge in [0.25, 0.3) is 0 Å². The third-order valence-electron chi connectivity index (χ3n) is 5.77. The van der Waals surface area contributed by atoms with Gasteiger partial charge < -0.3 is 15.1 Å². The Morgan fingerprint density at radius 3 is 2.30 bits per heavy atom. The van der Waals surface area contributed by atoms with Crippen LogP contribution in [0.3, 0.4) is 0 Å². The van der Waals surface area contributed by atoms with Crippen LogP contribution in [0.5, 0.6) is 0 Å². The van der Waals surface area contributed by atoms with Crippen molar-refractivity contribution in [1.29, 1.82) is 0 Å². The molecule has 0 spiro atoms. The van der Waals surface area contributed by atoms with E-state index in [9.17, 15) is 0 Å². The zero-order valence-corrected chi connectivity index (χ0v) is 16.6. The van der Waals surface area contributed by atoms with E-state index in [2.05, 4.69) is 51.3 Å². The van der Waals surface area contributed by atoms with Gasteiger partial charge in [0.05, 0.1) is 0 Å². The Kier molecular flexibility index (Phi) is 5.46. The topological polar surface area (TPSA) is 44.3 Å². The number of nitrogens with one attached hydrogen (secondary N) is 1. The van der Waals surface area contributed by atoms with Gasteiger partial charge in [0.1, 0.15) is 5.82 Å². The fourth-order valence-electron chi connectivity index (χ4n) is 4.02. The molecule has 1 N–H and O–H groups in total. The molecule has 2 aliphatic heterocycles. The first-order valence-electron chi connectivity index (χ1n) is 10.4. The average Bonchev–Trinajstić information content (AvgIpc) is 2.69. The highest BCUT2D eigenvalue weighted by molar-refractivity contribution is 5.62. The van der Waals surface area contributed by atoms with Crippen LogP contribution in [-0.2, 0) is 0 Å². The fraction of sp³-hybridized carbons (Fsp3) is 0.545. The van der Waals surface area contributed by atoms with E-state index in [-0.39, 0.29) is 0 Å². The summed E-state index contributed by atoms with van der Waals surface area (Å²) >= 11 is 0. The van der Waals surface area contributed by atoms with Crippen LogP contribution in [0.2, 0.25) is 0 Å². The lowest BCUT2D eigenvalue weighted by Crippen LogP contribution is -2.34. The van der Waals surface area contributed by atoms with Crippen molar-refractivity contribution in [1.82, 2.24) is 9.97 Å². The molecule has 1 aromatic heterocycles. The highest BCUT2D eigenvalue weighted by atomic mass is 15.3. The Balaban J connectivity index is 1.45. The van der Waals surface area contributed by atoms with Gasteiger partial charge in [0.15, 0.2) is 0 Å². The first-order valence-corrected chi connectivity index (χ1v) is 10.4. The number of hydrogen-bond acceptors (Lipinski definition) is 5. The molecule has 0 bridgehead atoms. The van der Waals surface area contributed by atoms with Crippen LogP contribution >= 0.6 is 0 Å². The number of nitrogens with zero attached hydrogens (tertiary/aromatic N) is 4. The summed E-state index contributed by atoms with van der Waals surface area (Å²) in [6.45, 7) is 8.83. The smallest absolute Gasteiger partial charge is 0.227 e. The van der Waals surface area contributed by atoms with Gasteiger partial charge in [-0.3, -0.25) is 0 Å². The molecule has 2 aliphatic rings. The zero-order valence-electron chi connectivity index (χ0n) is 16.6. The Labute approximate surface area is 162 Å². The predicted molar refractivity (Wildman–Crippen MR) is 113 cm³/mol. The minimum Gasteiger partial charge on any atom is -0.372 e. The van der Waals surface area contributed by atoms with E-state index in [0.29, 0.717) is 0 Å². The average molecular weight is 366 g/mol. The molecule has 2 saturated heterocycles. The molecule has 27 heavy (non-hydrogen) atoms. The summed E-state index contributed by atoms with van der Waals surface area (Å²) in [6, 6.07) is 10.8. The molecule has 4 rings (SSSR count). The summed E-state index contributed by atoms with van der Waals surface area (Å²) in [5, 5.41) is 3.47. The number of anilines is 4. The highest BCUT2D eigenvalue weighted by Crippen LogP contribution is 2.25. The predicted octanol–water partition coefficient (Wildman–Crippen LogP) is 4.76. The minimum absolute atomic E-state index is 0.807. The molecule has 1 aromatic carbocycles. The highest BCUT2D eigenvalue weighted by Gasteiger charge is 2.19. The molecule has 2 fully saturated rings. The number of rotatable bonds is 4. The number of aromatic nitrogens is 2. The van der Waals surface area contributed by atoms with Crippen molar-refractivity contribution < 1.29 is 0 Å². The Hall–Kier alpha value is -2.30. The lowest BCUT2D eigenvalue weighted by Gasteiger charge is -2.30. The van der Waals surface area contributed by atoms with E-state index < -0.39 is 0 Å². The van der Waals surface area contributed by atoms with Crippen molar-refractivity contribution in [3.63, 3.8) is 0 Å². The van der Waals surface area contributed by atoms with E-state index in [1.54, 1.807) is 0 Å². The summed E-state index contributed by atoms with van der Waals surface area (Å²) in [5.74, 6) is 2.54. The van der Waals surface area contributed by atoms with Crippen molar-refractivity contribution in [3.8, 4) is 0 Å². The van der Waals surface area contributed by atoms with E-state index in [1.165, 1.54) is 50.9 Å². The van der Waals surface area contributed by atoms with Crippen LogP contribution in [0.4, 0.5) is 23.1 Å². The second-order valence-corrected chi connectivity index (χ2v) is 8.08. The van der Waals surface area contributed by atoms with E-state index in [1.807, 2.05) is 13.0 Å². The Bertz CT molecular complexity index is 744. The number of hydrogen-bond donors (Lipinski definition) is 1. The molecule has 0 saturated carbocycles. The van der Waals surface area contributed by atoms with Crippen molar-refractivity contribution in [2.75, 3.05) is 41.3 Å². The molecular weight excluding hydrogens is 334 g/mol. The lowest BCUT2D eigenvalue weighted by atomic mass is 10.00. The first-order chi connectivity index (χ1) is 13.2. The van der Waals surface area contributed by atoms with Gasteiger partial charge >= 0.3 is 0 Å². The molecule has 0 amide bonds. The summed E-state index contributed by atoms with van der Waals surface area (Å²) < 4.78 is 0. The maximum absolute atomic E-state index is 4.78. The van der Waals surface area contributed by atoms with Gasteiger partial charge in [0.2, 0.25) is 5.95 Å². The van der Waals surface area contributed by atoms with E-state index >= 15 is 0 Å². The molecule has 5 heteroatoms. The third-order valence-corrected chi connectivity index (χ3v) is 5.77. The molecule has 0 aliphatic carbocycles.